The second kappa shape index (κ2) is 7.13. The van der Waals surface area contributed by atoms with Crippen LogP contribution in [0.5, 0.6) is 5.75 Å². The van der Waals surface area contributed by atoms with E-state index >= 15 is 0 Å². The van der Waals surface area contributed by atoms with Gasteiger partial charge in [0.15, 0.2) is 0 Å². The van der Waals surface area contributed by atoms with Gasteiger partial charge in [0.2, 0.25) is 0 Å². The Morgan fingerprint density at radius 3 is 2.85 bits per heavy atom. The van der Waals surface area contributed by atoms with E-state index in [1.165, 1.54) is 18.4 Å². The van der Waals surface area contributed by atoms with Crippen LogP contribution >= 0.6 is 0 Å². The van der Waals surface area contributed by atoms with Crippen LogP contribution in [-0.2, 0) is 0 Å². The summed E-state index contributed by atoms with van der Waals surface area (Å²) in [6.45, 7) is 5.23. The van der Waals surface area contributed by atoms with Crippen LogP contribution in [0.4, 0.5) is 0 Å². The maximum atomic E-state index is 12.1. The fourth-order valence-electron chi connectivity index (χ4n) is 2.47. The van der Waals surface area contributed by atoms with E-state index < -0.39 is 0 Å². The molecule has 0 radical (unpaired) electrons. The van der Waals surface area contributed by atoms with Crippen molar-refractivity contribution in [3.05, 3.63) is 41.0 Å². The van der Waals surface area contributed by atoms with Gasteiger partial charge in [0.1, 0.15) is 5.75 Å². The zero-order valence-corrected chi connectivity index (χ0v) is 12.4. The van der Waals surface area contributed by atoms with Crippen molar-refractivity contribution in [3.63, 3.8) is 0 Å². The van der Waals surface area contributed by atoms with E-state index in [0.717, 1.165) is 24.2 Å². The molecule has 0 spiro atoms. The maximum absolute atomic E-state index is 12.1. The third-order valence-electron chi connectivity index (χ3n) is 3.60. The average Bonchev–Trinajstić information content (AvgIpc) is 2.48. The molecule has 0 fully saturated rings. The van der Waals surface area contributed by atoms with Gasteiger partial charge in [-0.1, -0.05) is 11.6 Å². The van der Waals surface area contributed by atoms with Gasteiger partial charge in [0.05, 0.1) is 6.61 Å². The summed E-state index contributed by atoms with van der Waals surface area (Å²) in [5, 5.41) is 3.00. The Labute approximate surface area is 121 Å². The Morgan fingerprint density at radius 1 is 1.35 bits per heavy atom. The van der Waals surface area contributed by atoms with Crippen molar-refractivity contribution < 1.29 is 9.53 Å². The smallest absolute Gasteiger partial charge is 0.251 e. The van der Waals surface area contributed by atoms with Crippen molar-refractivity contribution in [1.82, 2.24) is 5.32 Å². The highest BCUT2D eigenvalue weighted by atomic mass is 16.5. The summed E-state index contributed by atoms with van der Waals surface area (Å²) in [5.74, 6) is 0.835. The van der Waals surface area contributed by atoms with Gasteiger partial charge in [-0.05, 0) is 63.3 Å². The summed E-state index contributed by atoms with van der Waals surface area (Å²) in [6, 6.07) is 5.58. The average molecular weight is 273 g/mol. The van der Waals surface area contributed by atoms with Gasteiger partial charge in [-0.15, -0.1) is 0 Å². The molecule has 3 nitrogen and oxygen atoms in total. The molecule has 108 valence electrons. The van der Waals surface area contributed by atoms with Crippen LogP contribution < -0.4 is 10.1 Å². The molecular weight excluding hydrogens is 250 g/mol. The first-order valence-corrected chi connectivity index (χ1v) is 7.40. The number of aryl methyl sites for hydroxylation is 1. The fourth-order valence-corrected chi connectivity index (χ4v) is 2.47. The molecule has 0 saturated carbocycles. The molecule has 0 unspecified atom stereocenters. The van der Waals surface area contributed by atoms with Crippen LogP contribution in [0.15, 0.2) is 29.8 Å². The maximum Gasteiger partial charge on any atom is 0.251 e. The number of nitrogens with one attached hydrogen (secondary N) is 1. The molecule has 1 N–H and O–H groups in total. The molecular formula is C17H23NO2. The minimum absolute atomic E-state index is 0.0115. The number of carbonyl (C=O) groups is 1. The molecule has 20 heavy (non-hydrogen) atoms. The Kier molecular flexibility index (Phi) is 5.22. The molecule has 0 aliphatic heterocycles. The minimum Gasteiger partial charge on any atom is -0.494 e. The predicted octanol–water partition coefficient (Wildman–Crippen LogP) is 3.62. The van der Waals surface area contributed by atoms with E-state index in [1.807, 2.05) is 32.0 Å². The fraction of sp³-hybridized carbons (Fsp3) is 0.471. The van der Waals surface area contributed by atoms with Gasteiger partial charge in [-0.2, -0.15) is 0 Å². The highest BCUT2D eigenvalue weighted by molar-refractivity contribution is 5.94. The summed E-state index contributed by atoms with van der Waals surface area (Å²) in [7, 11) is 0. The van der Waals surface area contributed by atoms with Crippen molar-refractivity contribution in [2.75, 3.05) is 13.2 Å². The van der Waals surface area contributed by atoms with E-state index in [9.17, 15) is 4.79 Å². The first kappa shape index (κ1) is 14.6. The van der Waals surface area contributed by atoms with Crippen LogP contribution in [-0.4, -0.2) is 19.1 Å². The van der Waals surface area contributed by atoms with Crippen LogP contribution in [0.1, 0.15) is 48.5 Å². The van der Waals surface area contributed by atoms with Crippen LogP contribution in [0.2, 0.25) is 0 Å². The largest absolute Gasteiger partial charge is 0.494 e. The second-order valence-corrected chi connectivity index (χ2v) is 5.20. The number of rotatable bonds is 5. The quantitative estimate of drug-likeness (QED) is 0.832. The lowest BCUT2D eigenvalue weighted by Crippen LogP contribution is -2.26. The number of amides is 1. The van der Waals surface area contributed by atoms with Crippen molar-refractivity contribution in [2.45, 2.75) is 39.5 Å². The van der Waals surface area contributed by atoms with Gasteiger partial charge < -0.3 is 10.1 Å². The summed E-state index contributed by atoms with van der Waals surface area (Å²) >= 11 is 0. The molecule has 0 bridgehead atoms. The number of benzene rings is 1. The third kappa shape index (κ3) is 3.86. The topological polar surface area (TPSA) is 38.3 Å². The molecule has 3 heteroatoms. The number of allylic oxidation sites excluding steroid dienone is 1. The van der Waals surface area contributed by atoms with Gasteiger partial charge in [0.25, 0.3) is 5.91 Å². The Morgan fingerprint density at radius 2 is 2.20 bits per heavy atom. The zero-order valence-electron chi connectivity index (χ0n) is 12.4. The Bertz CT molecular complexity index is 506. The first-order chi connectivity index (χ1) is 9.70. The monoisotopic (exact) mass is 273 g/mol. The van der Waals surface area contributed by atoms with E-state index in [1.54, 1.807) is 0 Å². The van der Waals surface area contributed by atoms with Gasteiger partial charge in [-0.3, -0.25) is 4.79 Å². The Hall–Kier alpha value is -1.77. The first-order valence-electron chi connectivity index (χ1n) is 7.40. The second-order valence-electron chi connectivity index (χ2n) is 5.20. The SMILES string of the molecule is CCOc1ccc(C(=O)NCC2=CCCCC2)cc1C. The highest BCUT2D eigenvalue weighted by Crippen LogP contribution is 2.19. The predicted molar refractivity (Wildman–Crippen MR) is 81.2 cm³/mol. The van der Waals surface area contributed by atoms with Crippen LogP contribution in [0, 0.1) is 6.92 Å². The Balaban J connectivity index is 1.95. The van der Waals surface area contributed by atoms with E-state index in [-0.39, 0.29) is 5.91 Å². The number of ether oxygens (including phenoxy) is 1. The molecule has 1 aliphatic rings. The summed E-state index contributed by atoms with van der Waals surface area (Å²) in [4.78, 5) is 12.1. The zero-order chi connectivity index (χ0) is 14.4. The van der Waals surface area contributed by atoms with E-state index in [0.29, 0.717) is 18.7 Å². The minimum atomic E-state index is -0.0115. The third-order valence-corrected chi connectivity index (χ3v) is 3.60. The molecule has 1 aliphatic carbocycles. The van der Waals surface area contributed by atoms with Crippen LogP contribution in [0.25, 0.3) is 0 Å². The van der Waals surface area contributed by atoms with Crippen molar-refractivity contribution >= 4 is 5.91 Å². The van der Waals surface area contributed by atoms with E-state index in [2.05, 4.69) is 11.4 Å². The summed E-state index contributed by atoms with van der Waals surface area (Å²) in [5.41, 5.74) is 3.05. The lowest BCUT2D eigenvalue weighted by atomic mass is 9.99. The molecule has 2 rings (SSSR count). The highest BCUT2D eigenvalue weighted by Gasteiger charge is 2.10. The van der Waals surface area contributed by atoms with E-state index in [4.69, 9.17) is 4.74 Å². The summed E-state index contributed by atoms with van der Waals surface area (Å²) < 4.78 is 5.49. The van der Waals surface area contributed by atoms with Gasteiger partial charge in [0, 0.05) is 12.1 Å². The summed E-state index contributed by atoms with van der Waals surface area (Å²) in [6.07, 6.45) is 7.03. The molecule has 0 saturated heterocycles. The van der Waals surface area contributed by atoms with Crippen molar-refractivity contribution in [2.24, 2.45) is 0 Å². The van der Waals surface area contributed by atoms with Crippen molar-refractivity contribution in [1.29, 1.82) is 0 Å². The van der Waals surface area contributed by atoms with Gasteiger partial charge >= 0.3 is 0 Å². The number of hydrogen-bond donors (Lipinski definition) is 1. The molecule has 0 atom stereocenters. The molecule has 1 aromatic carbocycles. The molecule has 0 heterocycles. The lowest BCUT2D eigenvalue weighted by Gasteiger charge is -2.14. The molecule has 0 aromatic heterocycles. The lowest BCUT2D eigenvalue weighted by molar-refractivity contribution is 0.0956. The normalized spacial score (nSPS) is 14.6. The number of carbonyl (C=O) groups excluding carboxylic acids is 1. The number of hydrogen-bond acceptors (Lipinski definition) is 2. The molecule has 1 aromatic rings. The standard InChI is InChI=1S/C17H23NO2/c1-3-20-16-10-9-15(11-13(16)2)17(19)18-12-14-7-5-4-6-8-14/h7,9-11H,3-6,8,12H2,1-2H3,(H,18,19). The molecule has 1 amide bonds. The van der Waals surface area contributed by atoms with Crippen molar-refractivity contribution in [3.8, 4) is 5.75 Å². The van der Waals surface area contributed by atoms with Gasteiger partial charge in [-0.25, -0.2) is 0 Å². The van der Waals surface area contributed by atoms with Crippen LogP contribution in [0.3, 0.4) is 0 Å².